The smallest absolute Gasteiger partial charge is 0.112 e. The summed E-state index contributed by atoms with van der Waals surface area (Å²) in [4.78, 5) is 10.2. The molecule has 2 N–H and O–H groups in total. The molecule has 1 heterocycles. The number of hydrogen-bond donors (Lipinski definition) is 1. The first-order valence-electron chi connectivity index (χ1n) is 8.57. The van der Waals surface area contributed by atoms with Crippen LogP contribution in [-0.2, 0) is 0 Å². The molecular weight excluding hydrogens is 353 g/mol. The molecule has 0 amide bonds. The molecule has 130 valence electrons. The van der Waals surface area contributed by atoms with E-state index in [0.29, 0.717) is 0 Å². The number of aromatic carboxylic acids is 1. The number of carbonyl (C=O) groups excluding carboxylic acids is 1. The molecule has 0 aliphatic heterocycles. The van der Waals surface area contributed by atoms with Crippen LogP contribution in [-0.4, -0.2) is 18.1 Å². The van der Waals surface area contributed by atoms with Gasteiger partial charge in [0, 0.05) is 0 Å². The Hall–Kier alpha value is -0.290. The summed E-state index contributed by atoms with van der Waals surface area (Å²) in [5.41, 5.74) is 0. The Morgan fingerprint density at radius 1 is 1.00 bits per heavy atom. The number of carboxylic acids is 1. The Bertz CT molecular complexity index is 459. The number of nitrogens with two attached hydrogens (primary N) is 1. The predicted octanol–water partition coefficient (Wildman–Crippen LogP) is 3.63. The summed E-state index contributed by atoms with van der Waals surface area (Å²) >= 11 is 11.8. The minimum Gasteiger partial charge on any atom is -0.544 e. The third-order valence-corrected chi connectivity index (χ3v) is 6.54. The highest BCUT2D eigenvalue weighted by Gasteiger charge is 2.22. The van der Waals surface area contributed by atoms with Gasteiger partial charge in [-0.1, -0.05) is 36.0 Å². The maximum atomic E-state index is 10.1. The first-order valence-corrected chi connectivity index (χ1v) is 10.1. The molecule has 2 fully saturated rings. The van der Waals surface area contributed by atoms with E-state index in [4.69, 9.17) is 23.2 Å². The molecule has 0 aromatic carbocycles. The molecule has 2 saturated carbocycles. The van der Waals surface area contributed by atoms with Crippen molar-refractivity contribution in [3.63, 3.8) is 0 Å². The van der Waals surface area contributed by atoms with Crippen LogP contribution in [0.25, 0.3) is 0 Å². The topological polar surface area (TPSA) is 56.7 Å². The molecule has 0 bridgehead atoms. The molecule has 0 spiro atoms. The van der Waals surface area contributed by atoms with E-state index in [1.165, 1.54) is 70.3 Å². The van der Waals surface area contributed by atoms with Crippen molar-refractivity contribution >= 4 is 40.5 Å². The zero-order valence-electron chi connectivity index (χ0n) is 13.4. The van der Waals surface area contributed by atoms with Gasteiger partial charge in [0.2, 0.25) is 0 Å². The molecule has 3 rings (SSSR count). The third kappa shape index (κ3) is 6.61. The first-order chi connectivity index (χ1) is 11.1. The van der Waals surface area contributed by atoms with Crippen LogP contribution in [0.4, 0.5) is 0 Å². The predicted molar refractivity (Wildman–Crippen MR) is 94.3 cm³/mol. The van der Waals surface area contributed by atoms with Crippen LogP contribution >= 0.6 is 34.5 Å². The molecule has 1 aromatic heterocycles. The lowest BCUT2D eigenvalue weighted by atomic mass is 9.91. The van der Waals surface area contributed by atoms with Crippen molar-refractivity contribution < 1.29 is 15.2 Å². The Morgan fingerprint density at radius 3 is 1.78 bits per heavy atom. The monoisotopic (exact) mass is 377 g/mol. The zero-order chi connectivity index (χ0) is 16.7. The van der Waals surface area contributed by atoms with Crippen LogP contribution in [0.2, 0.25) is 9.36 Å². The fraction of sp³-hybridized carbons (Fsp3) is 0.706. The number of carbonyl (C=O) groups is 1. The highest BCUT2D eigenvalue weighted by Crippen LogP contribution is 2.30. The van der Waals surface area contributed by atoms with Crippen LogP contribution in [0.15, 0.2) is 6.07 Å². The Balaban J connectivity index is 0.000000174. The van der Waals surface area contributed by atoms with Gasteiger partial charge in [-0.2, -0.15) is 0 Å². The van der Waals surface area contributed by atoms with Gasteiger partial charge >= 0.3 is 0 Å². The number of halogens is 2. The standard InChI is InChI=1S/C12H23N.C5H2Cl2O2S/c1-3-7-11(8-4-1)13-12-9-5-2-6-10-12;6-2-1-3(5(8)9)10-4(2)7/h11-13H,1-10H2;1H,(H,8,9). The summed E-state index contributed by atoms with van der Waals surface area (Å²) in [7, 11) is 0. The quantitative estimate of drug-likeness (QED) is 0.873. The second kappa shape index (κ2) is 9.87. The number of hydrogen-bond acceptors (Lipinski definition) is 3. The van der Waals surface area contributed by atoms with Gasteiger partial charge in [0.05, 0.1) is 28.0 Å². The van der Waals surface area contributed by atoms with E-state index in [9.17, 15) is 9.90 Å². The Kier molecular flexibility index (Phi) is 8.17. The number of carboxylic acid groups (broad SMARTS) is 1. The molecule has 2 aliphatic carbocycles. The lowest BCUT2D eigenvalue weighted by molar-refractivity contribution is -0.725. The summed E-state index contributed by atoms with van der Waals surface area (Å²) < 4.78 is 0.279. The fourth-order valence-electron chi connectivity index (χ4n) is 3.49. The van der Waals surface area contributed by atoms with E-state index in [1.807, 2.05) is 0 Å². The van der Waals surface area contributed by atoms with Gasteiger partial charge in [-0.05, 0) is 57.4 Å². The molecule has 0 unspecified atom stereocenters. The Morgan fingerprint density at radius 2 is 1.48 bits per heavy atom. The minimum atomic E-state index is -1.25. The van der Waals surface area contributed by atoms with Crippen LogP contribution in [0.5, 0.6) is 0 Å². The summed E-state index contributed by atoms with van der Waals surface area (Å²) in [6.07, 6.45) is 15.0. The van der Waals surface area contributed by atoms with Crippen molar-refractivity contribution in [1.82, 2.24) is 0 Å². The van der Waals surface area contributed by atoms with E-state index in [-0.39, 0.29) is 14.2 Å². The summed E-state index contributed by atoms with van der Waals surface area (Å²) in [5.74, 6) is -1.25. The van der Waals surface area contributed by atoms with Crippen molar-refractivity contribution in [1.29, 1.82) is 0 Å². The summed E-state index contributed by atoms with van der Waals surface area (Å²) in [6.45, 7) is 0. The molecule has 0 radical (unpaired) electrons. The normalized spacial score (nSPS) is 19.9. The summed E-state index contributed by atoms with van der Waals surface area (Å²) in [6, 6.07) is 3.26. The molecule has 3 nitrogen and oxygen atoms in total. The highest BCUT2D eigenvalue weighted by molar-refractivity contribution is 7.18. The number of quaternary nitrogens is 1. The molecule has 6 heteroatoms. The third-order valence-electron chi connectivity index (χ3n) is 4.69. The van der Waals surface area contributed by atoms with Crippen LogP contribution in [0.1, 0.15) is 73.9 Å². The highest BCUT2D eigenvalue weighted by atomic mass is 35.5. The number of thiophene rings is 1. The van der Waals surface area contributed by atoms with Crippen LogP contribution < -0.4 is 10.4 Å². The molecule has 2 aliphatic rings. The lowest BCUT2D eigenvalue weighted by Gasteiger charge is -2.27. The minimum absolute atomic E-state index is 0.0509. The molecule has 23 heavy (non-hydrogen) atoms. The van der Waals surface area contributed by atoms with Crippen LogP contribution in [0.3, 0.4) is 0 Å². The molecule has 0 atom stereocenters. The lowest BCUT2D eigenvalue weighted by Crippen LogP contribution is -2.95. The average molecular weight is 378 g/mol. The van der Waals surface area contributed by atoms with Crippen LogP contribution in [0, 0.1) is 0 Å². The van der Waals surface area contributed by atoms with Gasteiger partial charge in [-0.25, -0.2) is 0 Å². The van der Waals surface area contributed by atoms with E-state index in [0.717, 1.165) is 23.4 Å². The van der Waals surface area contributed by atoms with E-state index in [1.54, 1.807) is 0 Å². The van der Waals surface area contributed by atoms with Gasteiger partial charge in [0.15, 0.2) is 0 Å². The molecule has 1 aromatic rings. The second-order valence-electron chi connectivity index (χ2n) is 6.51. The van der Waals surface area contributed by atoms with Crippen molar-refractivity contribution in [2.75, 3.05) is 0 Å². The van der Waals surface area contributed by atoms with Crippen molar-refractivity contribution in [2.45, 2.75) is 76.3 Å². The maximum Gasteiger partial charge on any atom is 0.112 e. The van der Waals surface area contributed by atoms with E-state index in [2.05, 4.69) is 5.32 Å². The van der Waals surface area contributed by atoms with Gasteiger partial charge in [-0.3, -0.25) is 0 Å². The molecular formula is C17H25Cl2NO2S. The molecule has 0 saturated heterocycles. The van der Waals surface area contributed by atoms with Crippen molar-refractivity contribution in [3.05, 3.63) is 20.3 Å². The largest absolute Gasteiger partial charge is 0.544 e. The zero-order valence-corrected chi connectivity index (χ0v) is 15.7. The van der Waals surface area contributed by atoms with Gasteiger partial charge < -0.3 is 15.2 Å². The van der Waals surface area contributed by atoms with Gasteiger partial charge in [0.1, 0.15) is 4.34 Å². The SMILES string of the molecule is C1CCC([NH2+]C2CCCCC2)CC1.O=C([O-])c1cc(Cl)c(Cl)s1. The Labute approximate surface area is 152 Å². The van der Waals surface area contributed by atoms with Crippen molar-refractivity contribution in [2.24, 2.45) is 0 Å². The fourth-order valence-corrected chi connectivity index (χ4v) is 4.69. The van der Waals surface area contributed by atoms with Gasteiger partial charge in [0.25, 0.3) is 0 Å². The van der Waals surface area contributed by atoms with Gasteiger partial charge in [-0.15, -0.1) is 11.3 Å². The van der Waals surface area contributed by atoms with E-state index >= 15 is 0 Å². The van der Waals surface area contributed by atoms with E-state index < -0.39 is 5.97 Å². The van der Waals surface area contributed by atoms with Crippen molar-refractivity contribution in [3.8, 4) is 0 Å². The first kappa shape index (κ1) is 19.0. The summed E-state index contributed by atoms with van der Waals surface area (Å²) in [5, 5.41) is 13.1. The second-order valence-corrected chi connectivity index (χ2v) is 8.57. The number of rotatable bonds is 3. The average Bonchev–Trinajstić information content (AvgIpc) is 2.90. The maximum absolute atomic E-state index is 10.1.